The number of hydrogen-bond acceptors (Lipinski definition) is 4. The van der Waals surface area contributed by atoms with Crippen molar-refractivity contribution in [3.8, 4) is 0 Å². The van der Waals surface area contributed by atoms with Crippen LogP contribution in [0.5, 0.6) is 0 Å². The number of rotatable bonds is 3. The lowest BCUT2D eigenvalue weighted by atomic mass is 10.1. The van der Waals surface area contributed by atoms with Gasteiger partial charge in [0.2, 0.25) is 0 Å². The van der Waals surface area contributed by atoms with Crippen LogP contribution in [0.2, 0.25) is 0 Å². The summed E-state index contributed by atoms with van der Waals surface area (Å²) in [5.74, 6) is 0.127. The molecular weight excluding hydrogens is 370 g/mol. The Balaban J connectivity index is 1.34. The van der Waals surface area contributed by atoms with Gasteiger partial charge in [-0.1, -0.05) is 0 Å². The largest absolute Gasteiger partial charge is 0.459 e. The molecule has 2 aromatic rings. The third kappa shape index (κ3) is 4.18. The first kappa shape index (κ1) is 19.2. The van der Waals surface area contributed by atoms with Gasteiger partial charge >= 0.3 is 0 Å². The Morgan fingerprint density at radius 1 is 0.621 bits per heavy atom. The topological polar surface area (TPSA) is 74.1 Å². The Morgan fingerprint density at radius 3 is 1.59 bits per heavy atom. The van der Waals surface area contributed by atoms with Crippen LogP contribution in [0.25, 0.3) is 0 Å². The highest BCUT2D eigenvalue weighted by Gasteiger charge is 2.27. The molecule has 2 saturated heterocycles. The fourth-order valence-corrected chi connectivity index (χ4v) is 3.89. The number of piperazine rings is 1. The highest BCUT2D eigenvalue weighted by molar-refractivity contribution is 5.98. The van der Waals surface area contributed by atoms with Crippen LogP contribution in [0.3, 0.4) is 0 Å². The quantitative estimate of drug-likeness (QED) is 0.800. The van der Waals surface area contributed by atoms with Gasteiger partial charge in [-0.15, -0.1) is 0 Å². The molecule has 0 saturated carbocycles. The summed E-state index contributed by atoms with van der Waals surface area (Å²) in [6.07, 6.45) is 4.76. The molecule has 0 atom stereocenters. The van der Waals surface area contributed by atoms with Gasteiger partial charge in [0, 0.05) is 50.4 Å². The van der Waals surface area contributed by atoms with Gasteiger partial charge in [0.25, 0.3) is 17.7 Å². The maximum atomic E-state index is 12.8. The van der Waals surface area contributed by atoms with Crippen molar-refractivity contribution in [3.63, 3.8) is 0 Å². The number of amides is 3. The summed E-state index contributed by atoms with van der Waals surface area (Å²) in [4.78, 5) is 43.0. The van der Waals surface area contributed by atoms with E-state index in [9.17, 15) is 14.4 Å². The Hall–Kier alpha value is -3.09. The third-order valence-corrected chi connectivity index (χ3v) is 5.61. The van der Waals surface area contributed by atoms with Gasteiger partial charge in [-0.3, -0.25) is 14.4 Å². The highest BCUT2D eigenvalue weighted by atomic mass is 16.3. The van der Waals surface area contributed by atoms with Gasteiger partial charge in [-0.25, -0.2) is 0 Å². The van der Waals surface area contributed by atoms with E-state index in [0.29, 0.717) is 43.1 Å². The smallest absolute Gasteiger partial charge is 0.289 e. The normalized spacial score (nSPS) is 17.3. The van der Waals surface area contributed by atoms with Crippen LogP contribution in [-0.2, 0) is 0 Å². The molecule has 152 valence electrons. The van der Waals surface area contributed by atoms with Crippen molar-refractivity contribution < 1.29 is 18.8 Å². The molecule has 4 rings (SSSR count). The van der Waals surface area contributed by atoms with E-state index >= 15 is 0 Å². The molecule has 0 unspecified atom stereocenters. The molecule has 7 nitrogen and oxygen atoms in total. The van der Waals surface area contributed by atoms with Crippen molar-refractivity contribution >= 4 is 17.7 Å². The number of hydrogen-bond donors (Lipinski definition) is 0. The Kier molecular flexibility index (Phi) is 5.64. The number of nitrogens with zero attached hydrogens (tertiary/aromatic N) is 3. The molecule has 2 fully saturated rings. The van der Waals surface area contributed by atoms with Crippen molar-refractivity contribution in [1.29, 1.82) is 0 Å². The number of piperidine rings is 1. The third-order valence-electron chi connectivity index (χ3n) is 5.61. The second kappa shape index (κ2) is 8.51. The second-order valence-corrected chi connectivity index (χ2v) is 7.49. The molecule has 0 spiro atoms. The molecule has 2 aliphatic rings. The zero-order valence-electron chi connectivity index (χ0n) is 16.4. The van der Waals surface area contributed by atoms with Crippen molar-refractivity contribution in [3.05, 3.63) is 59.5 Å². The molecule has 1 aromatic carbocycles. The van der Waals surface area contributed by atoms with E-state index < -0.39 is 0 Å². The standard InChI is InChI=1S/C22H25N3O4/c26-20(23-10-2-1-3-11-23)17-6-8-18(9-7-17)21(27)24-12-14-25(15-13-24)22(28)19-5-4-16-29-19/h4-9,16H,1-3,10-15H2. The van der Waals surface area contributed by atoms with E-state index in [0.717, 1.165) is 25.9 Å². The molecular formula is C22H25N3O4. The number of carbonyl (C=O) groups excluding carboxylic acids is 3. The average molecular weight is 395 g/mol. The van der Waals surface area contributed by atoms with Crippen LogP contribution in [0.1, 0.15) is 50.5 Å². The van der Waals surface area contributed by atoms with E-state index in [1.54, 1.807) is 46.2 Å². The Labute approximate surface area is 169 Å². The van der Waals surface area contributed by atoms with Crippen LogP contribution < -0.4 is 0 Å². The summed E-state index contributed by atoms with van der Waals surface area (Å²) < 4.78 is 5.16. The van der Waals surface area contributed by atoms with Crippen LogP contribution in [0.15, 0.2) is 47.1 Å². The molecule has 29 heavy (non-hydrogen) atoms. The number of carbonyl (C=O) groups is 3. The summed E-state index contributed by atoms with van der Waals surface area (Å²) in [6.45, 7) is 3.49. The van der Waals surface area contributed by atoms with E-state index in [-0.39, 0.29) is 17.7 Å². The molecule has 0 aliphatic carbocycles. The maximum absolute atomic E-state index is 12.8. The SMILES string of the molecule is O=C(c1ccc(C(=O)N2CCN(C(=O)c3ccco3)CC2)cc1)N1CCCCC1. The predicted molar refractivity (Wildman–Crippen MR) is 107 cm³/mol. The van der Waals surface area contributed by atoms with Crippen LogP contribution >= 0.6 is 0 Å². The lowest BCUT2D eigenvalue weighted by molar-refractivity contribution is 0.0518. The van der Waals surface area contributed by atoms with Gasteiger partial charge < -0.3 is 19.1 Å². The highest BCUT2D eigenvalue weighted by Crippen LogP contribution is 2.16. The molecule has 1 aromatic heterocycles. The molecule has 7 heteroatoms. The minimum Gasteiger partial charge on any atom is -0.459 e. The number of likely N-dealkylation sites (tertiary alicyclic amines) is 1. The van der Waals surface area contributed by atoms with Crippen molar-refractivity contribution in [1.82, 2.24) is 14.7 Å². The number of benzene rings is 1. The fraction of sp³-hybridized carbons (Fsp3) is 0.409. The zero-order chi connectivity index (χ0) is 20.2. The van der Waals surface area contributed by atoms with Gasteiger partial charge in [-0.2, -0.15) is 0 Å². The minimum atomic E-state index is -0.150. The van der Waals surface area contributed by atoms with Gasteiger partial charge in [0.05, 0.1) is 6.26 Å². The zero-order valence-corrected chi connectivity index (χ0v) is 16.4. The van der Waals surface area contributed by atoms with Crippen molar-refractivity contribution in [2.24, 2.45) is 0 Å². The van der Waals surface area contributed by atoms with Crippen LogP contribution in [0, 0.1) is 0 Å². The summed E-state index contributed by atoms with van der Waals surface area (Å²) in [5.41, 5.74) is 1.18. The summed E-state index contributed by atoms with van der Waals surface area (Å²) in [7, 11) is 0. The van der Waals surface area contributed by atoms with E-state index in [2.05, 4.69) is 0 Å². The van der Waals surface area contributed by atoms with Crippen LogP contribution in [0.4, 0.5) is 0 Å². The Bertz CT molecular complexity index is 862. The minimum absolute atomic E-state index is 0.0359. The second-order valence-electron chi connectivity index (χ2n) is 7.49. The number of furan rings is 1. The fourth-order valence-electron chi connectivity index (χ4n) is 3.89. The van der Waals surface area contributed by atoms with E-state index in [1.807, 2.05) is 4.90 Å². The molecule has 2 aliphatic heterocycles. The molecule has 0 bridgehead atoms. The van der Waals surface area contributed by atoms with Crippen molar-refractivity contribution in [2.45, 2.75) is 19.3 Å². The van der Waals surface area contributed by atoms with Crippen molar-refractivity contribution in [2.75, 3.05) is 39.3 Å². The summed E-state index contributed by atoms with van der Waals surface area (Å²) in [5, 5.41) is 0. The first-order valence-corrected chi connectivity index (χ1v) is 10.1. The summed E-state index contributed by atoms with van der Waals surface area (Å²) >= 11 is 0. The summed E-state index contributed by atoms with van der Waals surface area (Å²) in [6, 6.07) is 10.3. The molecule has 3 heterocycles. The lowest BCUT2D eigenvalue weighted by Crippen LogP contribution is -2.50. The first-order chi connectivity index (χ1) is 14.1. The van der Waals surface area contributed by atoms with E-state index in [1.165, 1.54) is 12.7 Å². The van der Waals surface area contributed by atoms with Gasteiger partial charge in [0.1, 0.15) is 0 Å². The monoisotopic (exact) mass is 395 g/mol. The molecule has 0 radical (unpaired) electrons. The van der Waals surface area contributed by atoms with E-state index in [4.69, 9.17) is 4.42 Å². The molecule has 0 N–H and O–H groups in total. The van der Waals surface area contributed by atoms with Crippen LogP contribution in [-0.4, -0.2) is 71.7 Å². The van der Waals surface area contributed by atoms with Gasteiger partial charge in [0.15, 0.2) is 5.76 Å². The lowest BCUT2D eigenvalue weighted by Gasteiger charge is -2.34. The first-order valence-electron chi connectivity index (χ1n) is 10.1. The Morgan fingerprint density at radius 2 is 1.10 bits per heavy atom. The van der Waals surface area contributed by atoms with Gasteiger partial charge in [-0.05, 0) is 55.7 Å². The average Bonchev–Trinajstić information content (AvgIpc) is 3.33. The predicted octanol–water partition coefficient (Wildman–Crippen LogP) is 2.50. The maximum Gasteiger partial charge on any atom is 0.289 e. The molecule has 3 amide bonds.